The third kappa shape index (κ3) is 2.91. The summed E-state index contributed by atoms with van der Waals surface area (Å²) < 4.78 is 1.88. The largest absolute Gasteiger partial charge is 0.306 e. The second-order valence-electron chi connectivity index (χ2n) is 4.01. The van der Waals surface area contributed by atoms with Gasteiger partial charge in [-0.05, 0) is 24.1 Å². The van der Waals surface area contributed by atoms with Crippen LogP contribution in [0, 0.1) is 0 Å². The maximum atomic E-state index is 4.41. The van der Waals surface area contributed by atoms with E-state index in [0.717, 1.165) is 25.2 Å². The van der Waals surface area contributed by atoms with Crippen molar-refractivity contribution in [3.8, 4) is 0 Å². The van der Waals surface area contributed by atoms with E-state index in [-0.39, 0.29) is 0 Å². The molecule has 0 aliphatic rings. The van der Waals surface area contributed by atoms with Crippen molar-refractivity contribution in [2.75, 3.05) is 0 Å². The zero-order valence-corrected chi connectivity index (χ0v) is 10.3. The maximum Gasteiger partial charge on any atom is 0.0573 e. The van der Waals surface area contributed by atoms with Crippen molar-refractivity contribution in [1.82, 2.24) is 20.1 Å². The van der Waals surface area contributed by atoms with Crippen LogP contribution in [0.25, 0.3) is 0 Å². The topological polar surface area (TPSA) is 42.7 Å². The Morgan fingerprint density at radius 2 is 2.12 bits per heavy atom. The Balaban J connectivity index is 1.92. The summed E-state index contributed by atoms with van der Waals surface area (Å²) >= 11 is 0. The van der Waals surface area contributed by atoms with E-state index in [1.54, 1.807) is 0 Å². The van der Waals surface area contributed by atoms with Crippen molar-refractivity contribution in [2.24, 2.45) is 7.05 Å². The number of pyridine rings is 1. The van der Waals surface area contributed by atoms with Crippen LogP contribution in [0.3, 0.4) is 0 Å². The minimum atomic E-state index is 0.801. The fourth-order valence-electron chi connectivity index (χ4n) is 1.84. The zero-order valence-electron chi connectivity index (χ0n) is 10.3. The van der Waals surface area contributed by atoms with Crippen LogP contribution in [0.1, 0.15) is 23.9 Å². The molecule has 0 radical (unpaired) electrons. The highest BCUT2D eigenvalue weighted by molar-refractivity contribution is 5.19. The Kier molecular flexibility index (Phi) is 3.88. The van der Waals surface area contributed by atoms with Crippen LogP contribution in [0.4, 0.5) is 0 Å². The molecule has 2 heterocycles. The molecule has 0 fully saturated rings. The molecule has 0 amide bonds. The van der Waals surface area contributed by atoms with Gasteiger partial charge in [-0.2, -0.15) is 5.10 Å². The molecular formula is C13H18N4. The molecule has 4 heteroatoms. The number of rotatable bonds is 5. The first kappa shape index (κ1) is 11.8. The molecule has 1 N–H and O–H groups in total. The summed E-state index contributed by atoms with van der Waals surface area (Å²) in [5, 5.41) is 7.53. The Morgan fingerprint density at radius 3 is 2.82 bits per heavy atom. The van der Waals surface area contributed by atoms with Gasteiger partial charge in [0.2, 0.25) is 0 Å². The number of nitrogens with zero attached hydrogens (tertiary/aromatic N) is 3. The van der Waals surface area contributed by atoms with Crippen molar-refractivity contribution in [2.45, 2.75) is 26.4 Å². The van der Waals surface area contributed by atoms with Crippen LogP contribution in [-0.4, -0.2) is 14.8 Å². The third-order valence-corrected chi connectivity index (χ3v) is 2.89. The van der Waals surface area contributed by atoms with Crippen molar-refractivity contribution >= 4 is 0 Å². The van der Waals surface area contributed by atoms with Gasteiger partial charge in [-0.1, -0.05) is 13.0 Å². The Hall–Kier alpha value is -1.68. The molecule has 2 rings (SSSR count). The number of aryl methyl sites for hydroxylation is 2. The molecule has 0 saturated carbocycles. The summed E-state index contributed by atoms with van der Waals surface area (Å²) in [4.78, 5) is 4.41. The molecule has 0 unspecified atom stereocenters. The molecule has 0 spiro atoms. The minimum absolute atomic E-state index is 0.801. The van der Waals surface area contributed by atoms with Crippen LogP contribution in [0.15, 0.2) is 30.6 Å². The first-order valence-corrected chi connectivity index (χ1v) is 5.91. The van der Waals surface area contributed by atoms with Crippen molar-refractivity contribution in [1.29, 1.82) is 0 Å². The smallest absolute Gasteiger partial charge is 0.0573 e. The average Bonchev–Trinajstić information content (AvgIpc) is 2.76. The summed E-state index contributed by atoms with van der Waals surface area (Å²) in [5.74, 6) is 0. The van der Waals surface area contributed by atoms with Gasteiger partial charge in [-0.3, -0.25) is 9.67 Å². The van der Waals surface area contributed by atoms with Gasteiger partial charge in [0.05, 0.1) is 11.4 Å². The molecular weight excluding hydrogens is 212 g/mol. The Morgan fingerprint density at radius 1 is 1.24 bits per heavy atom. The van der Waals surface area contributed by atoms with Crippen molar-refractivity contribution in [3.05, 3.63) is 47.5 Å². The van der Waals surface area contributed by atoms with Gasteiger partial charge >= 0.3 is 0 Å². The lowest BCUT2D eigenvalue weighted by atomic mass is 10.1. The van der Waals surface area contributed by atoms with Gasteiger partial charge < -0.3 is 5.32 Å². The molecule has 2 aromatic heterocycles. The van der Waals surface area contributed by atoms with Crippen LogP contribution >= 0.6 is 0 Å². The molecule has 0 aliphatic heterocycles. The predicted octanol–water partition coefficient (Wildman–Crippen LogP) is 1.67. The number of nitrogens with one attached hydrogen (secondary N) is 1. The van der Waals surface area contributed by atoms with E-state index >= 15 is 0 Å². The molecule has 90 valence electrons. The van der Waals surface area contributed by atoms with Crippen LogP contribution in [0.2, 0.25) is 0 Å². The Labute approximate surface area is 102 Å². The first-order valence-electron chi connectivity index (χ1n) is 5.91. The van der Waals surface area contributed by atoms with Crippen molar-refractivity contribution in [3.63, 3.8) is 0 Å². The van der Waals surface area contributed by atoms with E-state index in [0.29, 0.717) is 0 Å². The van der Waals surface area contributed by atoms with Crippen LogP contribution < -0.4 is 5.32 Å². The lowest BCUT2D eigenvalue weighted by Gasteiger charge is -2.08. The zero-order chi connectivity index (χ0) is 12.1. The van der Waals surface area contributed by atoms with Gasteiger partial charge in [-0.15, -0.1) is 0 Å². The SMILES string of the molecule is CCc1cccnc1CNCc1ccnn1C. The molecule has 0 aliphatic carbocycles. The van der Waals surface area contributed by atoms with Gasteiger partial charge in [-0.25, -0.2) is 0 Å². The fraction of sp³-hybridized carbons (Fsp3) is 0.385. The summed E-state index contributed by atoms with van der Waals surface area (Å²) in [6, 6.07) is 6.14. The number of hydrogen-bond acceptors (Lipinski definition) is 3. The summed E-state index contributed by atoms with van der Waals surface area (Å²) in [6.07, 6.45) is 4.69. The molecule has 0 saturated heterocycles. The van der Waals surface area contributed by atoms with E-state index in [9.17, 15) is 0 Å². The summed E-state index contributed by atoms with van der Waals surface area (Å²) in [5.41, 5.74) is 3.63. The third-order valence-electron chi connectivity index (χ3n) is 2.89. The van der Waals surface area contributed by atoms with Crippen molar-refractivity contribution < 1.29 is 0 Å². The molecule has 17 heavy (non-hydrogen) atoms. The highest BCUT2D eigenvalue weighted by Crippen LogP contribution is 2.06. The molecule has 0 bridgehead atoms. The van der Waals surface area contributed by atoms with E-state index in [1.165, 1.54) is 11.3 Å². The van der Waals surface area contributed by atoms with Gasteiger partial charge in [0.1, 0.15) is 0 Å². The lowest BCUT2D eigenvalue weighted by molar-refractivity contribution is 0.617. The van der Waals surface area contributed by atoms with Gasteiger partial charge in [0.15, 0.2) is 0 Å². The van der Waals surface area contributed by atoms with Crippen LogP contribution in [-0.2, 0) is 26.6 Å². The standard InChI is InChI=1S/C13H18N4/c1-3-11-5-4-7-15-13(11)10-14-9-12-6-8-16-17(12)2/h4-8,14H,3,9-10H2,1-2H3. The molecule has 4 nitrogen and oxygen atoms in total. The van der Waals surface area contributed by atoms with E-state index in [4.69, 9.17) is 0 Å². The monoisotopic (exact) mass is 230 g/mol. The second-order valence-corrected chi connectivity index (χ2v) is 4.01. The average molecular weight is 230 g/mol. The lowest BCUT2D eigenvalue weighted by Crippen LogP contribution is -2.17. The minimum Gasteiger partial charge on any atom is -0.306 e. The normalized spacial score (nSPS) is 10.7. The second kappa shape index (κ2) is 5.59. The summed E-state index contributed by atoms with van der Waals surface area (Å²) in [7, 11) is 1.95. The molecule has 2 aromatic rings. The first-order chi connectivity index (χ1) is 8.31. The summed E-state index contributed by atoms with van der Waals surface area (Å²) in [6.45, 7) is 3.77. The molecule has 0 aromatic carbocycles. The van der Waals surface area contributed by atoms with Gasteiger partial charge in [0.25, 0.3) is 0 Å². The maximum absolute atomic E-state index is 4.41. The van der Waals surface area contributed by atoms with E-state index < -0.39 is 0 Å². The van der Waals surface area contributed by atoms with Crippen LogP contribution in [0.5, 0.6) is 0 Å². The highest BCUT2D eigenvalue weighted by Gasteiger charge is 2.02. The number of hydrogen-bond donors (Lipinski definition) is 1. The molecule has 0 atom stereocenters. The quantitative estimate of drug-likeness (QED) is 0.849. The van der Waals surface area contributed by atoms with E-state index in [2.05, 4.69) is 28.4 Å². The highest BCUT2D eigenvalue weighted by atomic mass is 15.3. The number of aromatic nitrogens is 3. The van der Waals surface area contributed by atoms with Gasteiger partial charge in [0, 0.05) is 32.5 Å². The Bertz CT molecular complexity index is 476. The predicted molar refractivity (Wildman–Crippen MR) is 67.4 cm³/mol. The van der Waals surface area contributed by atoms with E-state index in [1.807, 2.05) is 36.3 Å². The fourth-order valence-corrected chi connectivity index (χ4v) is 1.84.